The summed E-state index contributed by atoms with van der Waals surface area (Å²) in [5.74, 6) is -0.943. The van der Waals surface area contributed by atoms with Crippen molar-refractivity contribution >= 4 is 17.4 Å². The fraction of sp³-hybridized carbons (Fsp3) is 0.429. The summed E-state index contributed by atoms with van der Waals surface area (Å²) in [6.45, 7) is 3.14. The molecule has 1 atom stereocenters. The fourth-order valence-electron chi connectivity index (χ4n) is 2.37. The highest BCUT2D eigenvalue weighted by Crippen LogP contribution is 2.41. The van der Waals surface area contributed by atoms with Crippen molar-refractivity contribution in [1.82, 2.24) is 0 Å². The molecule has 1 unspecified atom stereocenters. The van der Waals surface area contributed by atoms with Gasteiger partial charge in [0.25, 0.3) is 0 Å². The van der Waals surface area contributed by atoms with E-state index in [1.165, 1.54) is 24.9 Å². The first-order valence-corrected chi connectivity index (χ1v) is 6.17. The molecular formula is C14H14F3NO2. The summed E-state index contributed by atoms with van der Waals surface area (Å²) >= 11 is 0. The molecule has 0 aliphatic carbocycles. The monoisotopic (exact) mass is 285 g/mol. The molecule has 2 rings (SSSR count). The lowest BCUT2D eigenvalue weighted by atomic mass is 9.75. The van der Waals surface area contributed by atoms with Gasteiger partial charge in [-0.2, -0.15) is 13.2 Å². The molecule has 0 bridgehead atoms. The Labute approximate surface area is 114 Å². The molecule has 0 radical (unpaired) electrons. The van der Waals surface area contributed by atoms with Crippen LogP contribution in [0.5, 0.6) is 0 Å². The Morgan fingerprint density at radius 1 is 1.25 bits per heavy atom. The van der Waals surface area contributed by atoms with Gasteiger partial charge in [0, 0.05) is 12.6 Å². The van der Waals surface area contributed by atoms with Crippen molar-refractivity contribution in [3.63, 3.8) is 0 Å². The molecular weight excluding hydrogens is 271 g/mol. The summed E-state index contributed by atoms with van der Waals surface area (Å²) in [6.07, 6.45) is -4.28. The summed E-state index contributed by atoms with van der Waals surface area (Å²) in [4.78, 5) is 25.9. The van der Waals surface area contributed by atoms with E-state index in [0.717, 1.165) is 12.1 Å². The third kappa shape index (κ3) is 1.90. The van der Waals surface area contributed by atoms with Gasteiger partial charge in [-0.25, -0.2) is 0 Å². The standard InChI is InChI=1S/C14H14F3NO2/c1-4-13(2)11(19)9-7-8(14(15,16)17)5-6-10(9)18(3)12(13)20/h5-7H,4H2,1-3H3. The second-order valence-electron chi connectivity index (χ2n) is 5.11. The molecule has 20 heavy (non-hydrogen) atoms. The highest BCUT2D eigenvalue weighted by Gasteiger charge is 2.47. The number of amides is 1. The molecule has 0 aromatic heterocycles. The van der Waals surface area contributed by atoms with Crippen LogP contribution in [0.25, 0.3) is 0 Å². The summed E-state index contributed by atoms with van der Waals surface area (Å²) in [5, 5.41) is 0. The molecule has 6 heteroatoms. The summed E-state index contributed by atoms with van der Waals surface area (Å²) in [5.41, 5.74) is -2.01. The number of carbonyl (C=O) groups is 2. The third-order valence-electron chi connectivity index (χ3n) is 3.91. The lowest BCUT2D eigenvalue weighted by Crippen LogP contribution is -2.49. The van der Waals surface area contributed by atoms with Crippen molar-refractivity contribution < 1.29 is 22.8 Å². The van der Waals surface area contributed by atoms with Crippen LogP contribution in [0.2, 0.25) is 0 Å². The number of rotatable bonds is 1. The van der Waals surface area contributed by atoms with Crippen LogP contribution in [-0.2, 0) is 11.0 Å². The van der Waals surface area contributed by atoms with E-state index in [-0.39, 0.29) is 17.7 Å². The van der Waals surface area contributed by atoms with E-state index >= 15 is 0 Å². The molecule has 0 fully saturated rings. The maximum absolute atomic E-state index is 12.7. The predicted octanol–water partition coefficient (Wildman–Crippen LogP) is 3.28. The second kappa shape index (κ2) is 4.33. The van der Waals surface area contributed by atoms with Gasteiger partial charge >= 0.3 is 6.18 Å². The number of halogens is 3. The Morgan fingerprint density at radius 2 is 1.85 bits per heavy atom. The van der Waals surface area contributed by atoms with Crippen LogP contribution in [-0.4, -0.2) is 18.7 Å². The first-order chi connectivity index (χ1) is 9.13. The number of benzene rings is 1. The Hall–Kier alpha value is -1.85. The minimum Gasteiger partial charge on any atom is -0.314 e. The molecule has 108 valence electrons. The summed E-state index contributed by atoms with van der Waals surface area (Å²) in [6, 6.07) is 2.88. The van der Waals surface area contributed by atoms with E-state index in [0.29, 0.717) is 0 Å². The molecule has 0 spiro atoms. The molecule has 3 nitrogen and oxygen atoms in total. The number of carbonyl (C=O) groups excluding carboxylic acids is 2. The Kier molecular flexibility index (Phi) is 3.15. The van der Waals surface area contributed by atoms with Crippen molar-refractivity contribution in [3.8, 4) is 0 Å². The lowest BCUT2D eigenvalue weighted by molar-refractivity contribution is -0.137. The van der Waals surface area contributed by atoms with E-state index < -0.39 is 28.8 Å². The highest BCUT2D eigenvalue weighted by atomic mass is 19.4. The van der Waals surface area contributed by atoms with E-state index in [1.807, 2.05) is 0 Å². The molecule has 1 aliphatic rings. The van der Waals surface area contributed by atoms with Crippen LogP contribution < -0.4 is 4.90 Å². The van der Waals surface area contributed by atoms with E-state index in [4.69, 9.17) is 0 Å². The molecule has 1 heterocycles. The van der Waals surface area contributed by atoms with Crippen molar-refractivity contribution in [2.75, 3.05) is 11.9 Å². The number of alkyl halides is 3. The first kappa shape index (κ1) is 14.6. The lowest BCUT2D eigenvalue weighted by Gasteiger charge is -2.37. The molecule has 1 aromatic carbocycles. The summed E-state index contributed by atoms with van der Waals surface area (Å²) in [7, 11) is 1.47. The van der Waals surface area contributed by atoms with Gasteiger partial charge in [0.15, 0.2) is 5.78 Å². The zero-order valence-corrected chi connectivity index (χ0v) is 11.3. The minimum atomic E-state index is -4.52. The Morgan fingerprint density at radius 3 is 2.35 bits per heavy atom. The van der Waals surface area contributed by atoms with Crippen molar-refractivity contribution in [2.45, 2.75) is 26.4 Å². The van der Waals surface area contributed by atoms with Gasteiger partial charge in [0.05, 0.1) is 11.3 Å². The number of ketones is 1. The number of anilines is 1. The number of nitrogens with zero attached hydrogens (tertiary/aromatic N) is 1. The van der Waals surface area contributed by atoms with Crippen LogP contribution in [0.1, 0.15) is 36.2 Å². The Bertz CT molecular complexity index is 595. The average molecular weight is 285 g/mol. The number of Topliss-reactive ketones (excluding diaryl/α,β-unsaturated/α-hetero) is 1. The Balaban J connectivity index is 2.66. The molecule has 1 aliphatic heterocycles. The molecule has 0 saturated carbocycles. The van der Waals surface area contributed by atoms with E-state index in [2.05, 4.69) is 0 Å². The van der Waals surface area contributed by atoms with Crippen LogP contribution in [0.3, 0.4) is 0 Å². The second-order valence-corrected chi connectivity index (χ2v) is 5.11. The molecule has 0 saturated heterocycles. The highest BCUT2D eigenvalue weighted by molar-refractivity contribution is 6.24. The van der Waals surface area contributed by atoms with Gasteiger partial charge in [0.2, 0.25) is 5.91 Å². The van der Waals surface area contributed by atoms with Crippen LogP contribution in [0, 0.1) is 5.41 Å². The van der Waals surface area contributed by atoms with Crippen molar-refractivity contribution in [1.29, 1.82) is 0 Å². The predicted molar refractivity (Wildman–Crippen MR) is 67.6 cm³/mol. The van der Waals surface area contributed by atoms with Gasteiger partial charge in [-0.15, -0.1) is 0 Å². The SMILES string of the molecule is CCC1(C)C(=O)c2cc(C(F)(F)F)ccc2N(C)C1=O. The smallest absolute Gasteiger partial charge is 0.314 e. The van der Waals surface area contributed by atoms with Crippen LogP contribution in [0.15, 0.2) is 18.2 Å². The maximum Gasteiger partial charge on any atom is 0.416 e. The first-order valence-electron chi connectivity index (χ1n) is 6.17. The van der Waals surface area contributed by atoms with Crippen LogP contribution >= 0.6 is 0 Å². The fourth-order valence-corrected chi connectivity index (χ4v) is 2.37. The quantitative estimate of drug-likeness (QED) is 0.743. The summed E-state index contributed by atoms with van der Waals surface area (Å²) < 4.78 is 38.2. The minimum absolute atomic E-state index is 0.0497. The number of fused-ring (bicyclic) bond motifs is 1. The average Bonchev–Trinajstić information content (AvgIpc) is 2.41. The van der Waals surface area contributed by atoms with Gasteiger partial charge < -0.3 is 4.90 Å². The number of hydrogen-bond acceptors (Lipinski definition) is 2. The zero-order valence-electron chi connectivity index (χ0n) is 11.3. The van der Waals surface area contributed by atoms with Gasteiger partial charge in [-0.3, -0.25) is 9.59 Å². The molecule has 0 N–H and O–H groups in total. The van der Waals surface area contributed by atoms with Gasteiger partial charge in [0.1, 0.15) is 5.41 Å². The van der Waals surface area contributed by atoms with Gasteiger partial charge in [-0.05, 0) is 31.5 Å². The maximum atomic E-state index is 12.7. The van der Waals surface area contributed by atoms with Crippen molar-refractivity contribution in [2.24, 2.45) is 5.41 Å². The third-order valence-corrected chi connectivity index (χ3v) is 3.91. The van der Waals surface area contributed by atoms with Gasteiger partial charge in [-0.1, -0.05) is 6.92 Å². The zero-order chi connectivity index (χ0) is 15.3. The largest absolute Gasteiger partial charge is 0.416 e. The topological polar surface area (TPSA) is 37.4 Å². The number of hydrogen-bond donors (Lipinski definition) is 0. The van der Waals surface area contributed by atoms with E-state index in [1.54, 1.807) is 6.92 Å². The molecule has 1 aromatic rings. The van der Waals surface area contributed by atoms with Crippen molar-refractivity contribution in [3.05, 3.63) is 29.3 Å². The van der Waals surface area contributed by atoms with Crippen LogP contribution in [0.4, 0.5) is 18.9 Å². The normalized spacial score (nSPS) is 23.0. The van der Waals surface area contributed by atoms with E-state index in [9.17, 15) is 22.8 Å². The molecule has 1 amide bonds.